The van der Waals surface area contributed by atoms with E-state index in [1.165, 1.54) is 30.5 Å². The van der Waals surface area contributed by atoms with E-state index in [9.17, 15) is 38.7 Å². The van der Waals surface area contributed by atoms with Gasteiger partial charge in [0.15, 0.2) is 0 Å². The predicted octanol–water partition coefficient (Wildman–Crippen LogP) is -0.804. The van der Waals surface area contributed by atoms with Gasteiger partial charge >= 0.3 is 0 Å². The van der Waals surface area contributed by atoms with Gasteiger partial charge in [-0.3, -0.25) is 33.6 Å². The zero-order valence-electron chi connectivity index (χ0n) is 29.9. The van der Waals surface area contributed by atoms with Gasteiger partial charge in [-0.2, -0.15) is 0 Å². The van der Waals surface area contributed by atoms with E-state index in [2.05, 4.69) is 36.9 Å². The predicted molar refractivity (Wildman–Crippen MR) is 192 cm³/mol. The van der Waals surface area contributed by atoms with Gasteiger partial charge in [0.2, 0.25) is 41.4 Å². The first-order valence-electron chi connectivity index (χ1n) is 17.7. The summed E-state index contributed by atoms with van der Waals surface area (Å²) < 4.78 is 0. The number of aromatic amines is 1. The van der Waals surface area contributed by atoms with Crippen molar-refractivity contribution in [2.24, 2.45) is 5.92 Å². The van der Waals surface area contributed by atoms with Crippen LogP contribution in [-0.2, 0) is 40.0 Å². The lowest BCUT2D eigenvalue weighted by Crippen LogP contribution is -2.59. The first-order chi connectivity index (χ1) is 24.7. The number of hydrogen-bond donors (Lipinski definition) is 8. The number of thioether (sulfide) groups is 1. The summed E-state index contributed by atoms with van der Waals surface area (Å²) in [6.45, 7) is 8.14. The van der Waals surface area contributed by atoms with Crippen LogP contribution in [0.2, 0.25) is 0 Å². The molecule has 3 aliphatic heterocycles. The summed E-state index contributed by atoms with van der Waals surface area (Å²) in [6.07, 6.45) is -0.807. The topological polar surface area (TPSA) is 231 Å². The molecular formula is C35H48N8O8S. The molecule has 282 valence electrons. The number of nitrogens with one attached hydrogen (secondary N) is 7. The molecule has 4 heterocycles. The largest absolute Gasteiger partial charge is 0.391 e. The Morgan fingerprint density at radius 1 is 0.788 bits per heavy atom. The van der Waals surface area contributed by atoms with Crippen LogP contribution in [0.15, 0.2) is 29.3 Å². The van der Waals surface area contributed by atoms with E-state index in [0.29, 0.717) is 10.6 Å². The molecule has 0 spiro atoms. The fourth-order valence-corrected chi connectivity index (χ4v) is 7.82. The average Bonchev–Trinajstić information content (AvgIpc) is 3.66. The number of carbonyl (C=O) groups excluding carboxylic acids is 7. The molecule has 3 aliphatic rings. The molecule has 1 saturated heterocycles. The molecule has 17 heteroatoms. The van der Waals surface area contributed by atoms with Gasteiger partial charge in [-0.15, -0.1) is 11.8 Å². The minimum absolute atomic E-state index is 0.0295. The lowest BCUT2D eigenvalue weighted by Gasteiger charge is -2.30. The molecule has 1 fully saturated rings. The number of benzene rings is 1. The maximum Gasteiger partial charge on any atom is 0.246 e. The second-order valence-electron chi connectivity index (χ2n) is 14.1. The lowest BCUT2D eigenvalue weighted by molar-refractivity contribution is -0.142. The molecule has 52 heavy (non-hydrogen) atoms. The van der Waals surface area contributed by atoms with E-state index in [1.807, 2.05) is 38.1 Å². The number of aliphatic hydroxyl groups is 1. The van der Waals surface area contributed by atoms with E-state index in [4.69, 9.17) is 0 Å². The molecule has 0 unspecified atom stereocenters. The Bertz CT molecular complexity index is 1730. The third-order valence-corrected chi connectivity index (χ3v) is 10.7. The highest BCUT2D eigenvalue weighted by Crippen LogP contribution is 2.32. The summed E-state index contributed by atoms with van der Waals surface area (Å²) in [5.74, 6) is -4.69. The number of hydrogen-bond acceptors (Lipinski definition) is 9. The number of rotatable bonds is 3. The Morgan fingerprint density at radius 3 is 2.10 bits per heavy atom. The van der Waals surface area contributed by atoms with Crippen LogP contribution in [-0.4, -0.2) is 117 Å². The lowest BCUT2D eigenvalue weighted by atomic mass is 10.00. The fraction of sp³-hybridized carbons (Fsp3) is 0.571. The van der Waals surface area contributed by atoms with E-state index in [0.717, 1.165) is 10.9 Å². The number of amides is 7. The number of aliphatic hydroxyl groups excluding tert-OH is 1. The minimum atomic E-state index is -1.23. The summed E-state index contributed by atoms with van der Waals surface area (Å²) in [4.78, 5) is 101. The van der Waals surface area contributed by atoms with Crippen LogP contribution in [0.5, 0.6) is 0 Å². The number of para-hydroxylation sites is 1. The van der Waals surface area contributed by atoms with Crippen molar-refractivity contribution in [2.45, 2.75) is 114 Å². The summed E-state index contributed by atoms with van der Waals surface area (Å²) in [5, 5.41) is 28.2. The Morgan fingerprint density at radius 2 is 1.40 bits per heavy atom. The van der Waals surface area contributed by atoms with Gasteiger partial charge in [0.25, 0.3) is 0 Å². The normalized spacial score (nSPS) is 30.1. The van der Waals surface area contributed by atoms with Gasteiger partial charge in [0.1, 0.15) is 42.3 Å². The first-order valence-corrected chi connectivity index (χ1v) is 18.7. The molecule has 5 rings (SSSR count). The highest BCUT2D eigenvalue weighted by atomic mass is 32.2. The van der Waals surface area contributed by atoms with Gasteiger partial charge < -0.3 is 46.9 Å². The van der Waals surface area contributed by atoms with Crippen LogP contribution in [0, 0.1) is 5.92 Å². The third-order valence-electron chi connectivity index (χ3n) is 9.57. The molecule has 7 amide bonds. The molecular weight excluding hydrogens is 692 g/mol. The Hall–Kier alpha value is -4.64. The van der Waals surface area contributed by atoms with E-state index in [-0.39, 0.29) is 43.9 Å². The van der Waals surface area contributed by atoms with Crippen LogP contribution < -0.4 is 31.9 Å². The van der Waals surface area contributed by atoms with Crippen LogP contribution in [0.25, 0.3) is 10.9 Å². The van der Waals surface area contributed by atoms with Crippen molar-refractivity contribution in [3.05, 3.63) is 29.8 Å². The quantitative estimate of drug-likeness (QED) is 0.197. The van der Waals surface area contributed by atoms with Crippen molar-refractivity contribution in [2.75, 3.05) is 12.3 Å². The zero-order chi connectivity index (χ0) is 37.9. The van der Waals surface area contributed by atoms with Crippen molar-refractivity contribution in [3.63, 3.8) is 0 Å². The first kappa shape index (κ1) is 38.6. The molecule has 8 atom stereocenters. The Labute approximate surface area is 305 Å². The van der Waals surface area contributed by atoms with Gasteiger partial charge in [-0.05, 0) is 44.2 Å². The minimum Gasteiger partial charge on any atom is -0.391 e. The molecule has 0 saturated carbocycles. The van der Waals surface area contributed by atoms with Crippen LogP contribution in [0.1, 0.15) is 59.4 Å². The molecule has 1 aromatic heterocycles. The van der Waals surface area contributed by atoms with Crippen molar-refractivity contribution >= 4 is 64.0 Å². The molecule has 2 aromatic rings. The van der Waals surface area contributed by atoms with Gasteiger partial charge in [-0.1, -0.05) is 39.0 Å². The third kappa shape index (κ3) is 8.69. The number of carbonyl (C=O) groups is 7. The van der Waals surface area contributed by atoms with Gasteiger partial charge in [0, 0.05) is 36.0 Å². The van der Waals surface area contributed by atoms with Crippen molar-refractivity contribution in [3.8, 4) is 0 Å². The molecule has 2 bridgehead atoms. The summed E-state index contributed by atoms with van der Waals surface area (Å²) >= 11 is 1.20. The van der Waals surface area contributed by atoms with E-state index >= 15 is 0 Å². The standard InChI is InChI=1S/C35H48N8O8S/c1-6-22-30(47)41-26-15-52-34-21(20-9-7-8-10-23(20)42-34)13-25(32(49)40-24(11-16(2)3)31(48)36-17(4)28(45)38-22)39-29(46)18(5)37-33(50)27-12-19(44)14-43(27)35(26)51/h7-10,16-19,22,24-27,42,44H,6,11-15H2,1-5H3,(H,36,48)(H,37,50)(H,38,45)(H,39,46)(H,40,49)(H,41,47)/t17-,18-,19-,22+,24-,25-,26-,27-/m0/s1. The second-order valence-corrected chi connectivity index (χ2v) is 15.2. The number of fused-ring (bicyclic) bond motifs is 5. The average molecular weight is 741 g/mol. The van der Waals surface area contributed by atoms with Crippen LogP contribution in [0.4, 0.5) is 0 Å². The van der Waals surface area contributed by atoms with Crippen molar-refractivity contribution in [1.82, 2.24) is 41.8 Å². The SMILES string of the molecule is CC[C@H]1NC(=O)[C@H](C)NC(=O)[C@H](CC(C)C)NC(=O)[C@@H]2Cc3c([nH]c4ccccc34)SC[C@H](NC1=O)C(=O)N1C[C@@H](O)C[C@H]1C(=O)N[C@@H](C)C(=O)N2. The Kier molecular flexibility index (Phi) is 12.1. The Balaban J connectivity index is 1.67. The highest BCUT2D eigenvalue weighted by molar-refractivity contribution is 7.99. The fourth-order valence-electron chi connectivity index (χ4n) is 6.71. The van der Waals surface area contributed by atoms with Gasteiger partial charge in [-0.25, -0.2) is 0 Å². The highest BCUT2D eigenvalue weighted by Gasteiger charge is 2.43. The summed E-state index contributed by atoms with van der Waals surface area (Å²) in [5.41, 5.74) is 1.38. The van der Waals surface area contributed by atoms with Crippen molar-refractivity contribution < 1.29 is 38.7 Å². The number of nitrogens with zero attached hydrogens (tertiary/aromatic N) is 1. The zero-order valence-corrected chi connectivity index (χ0v) is 30.7. The number of H-pyrrole nitrogens is 1. The molecule has 8 N–H and O–H groups in total. The maximum atomic E-state index is 14.3. The van der Waals surface area contributed by atoms with E-state index in [1.54, 1.807) is 6.92 Å². The molecule has 16 nitrogen and oxygen atoms in total. The summed E-state index contributed by atoms with van der Waals surface area (Å²) in [7, 11) is 0. The molecule has 0 aliphatic carbocycles. The maximum absolute atomic E-state index is 14.3. The number of aromatic nitrogens is 1. The monoisotopic (exact) mass is 740 g/mol. The molecule has 1 aromatic carbocycles. The second kappa shape index (κ2) is 16.4. The molecule has 0 radical (unpaired) electrons. The van der Waals surface area contributed by atoms with Crippen LogP contribution in [0.3, 0.4) is 0 Å². The van der Waals surface area contributed by atoms with Gasteiger partial charge in [0.05, 0.1) is 11.1 Å². The van der Waals surface area contributed by atoms with Crippen LogP contribution >= 0.6 is 11.8 Å². The van der Waals surface area contributed by atoms with E-state index < -0.39 is 89.7 Å². The van der Waals surface area contributed by atoms with Crippen molar-refractivity contribution in [1.29, 1.82) is 0 Å². The summed E-state index contributed by atoms with van der Waals surface area (Å²) in [6, 6.07) is -0.673. The smallest absolute Gasteiger partial charge is 0.246 e.